The lowest BCUT2D eigenvalue weighted by Crippen LogP contribution is -2.28. The van der Waals surface area contributed by atoms with E-state index < -0.39 is 5.91 Å². The molecule has 0 saturated carbocycles. The molecule has 0 bridgehead atoms. The Balaban J connectivity index is 2.04. The summed E-state index contributed by atoms with van der Waals surface area (Å²) in [5, 5.41) is 3.35. The van der Waals surface area contributed by atoms with Crippen molar-refractivity contribution in [1.29, 1.82) is 0 Å². The highest BCUT2D eigenvalue weighted by Crippen LogP contribution is 2.24. The molecule has 1 amide bonds. The van der Waals surface area contributed by atoms with Crippen LogP contribution in [-0.2, 0) is 0 Å². The molecule has 0 spiro atoms. The summed E-state index contributed by atoms with van der Waals surface area (Å²) in [5.41, 5.74) is 7.09. The molecule has 94 valence electrons. The summed E-state index contributed by atoms with van der Waals surface area (Å²) in [4.78, 5) is 23.1. The Morgan fingerprint density at radius 2 is 2.33 bits per heavy atom. The molecule has 1 aliphatic rings. The molecule has 1 aliphatic heterocycles. The predicted octanol–water partition coefficient (Wildman–Crippen LogP) is 0.524. The Morgan fingerprint density at radius 1 is 1.44 bits per heavy atom. The van der Waals surface area contributed by atoms with Crippen LogP contribution in [0.3, 0.4) is 0 Å². The lowest BCUT2D eigenvalue weighted by Gasteiger charge is -2.20. The second-order valence-corrected chi connectivity index (χ2v) is 4.61. The number of imidazole rings is 1. The van der Waals surface area contributed by atoms with E-state index in [2.05, 4.69) is 20.3 Å². The Hall–Kier alpha value is -1.95. The van der Waals surface area contributed by atoms with Crippen molar-refractivity contribution in [1.82, 2.24) is 20.3 Å². The highest BCUT2D eigenvalue weighted by Gasteiger charge is 2.20. The first-order valence-corrected chi connectivity index (χ1v) is 6.10. The quantitative estimate of drug-likeness (QED) is 0.718. The molecule has 0 aliphatic carbocycles. The lowest BCUT2D eigenvalue weighted by molar-refractivity contribution is 0.100. The largest absolute Gasteiger partial charge is 0.365 e. The number of hydrogen-bond donors (Lipinski definition) is 3. The van der Waals surface area contributed by atoms with E-state index in [0.29, 0.717) is 17.0 Å². The Kier molecular flexibility index (Phi) is 2.71. The third kappa shape index (κ3) is 1.84. The summed E-state index contributed by atoms with van der Waals surface area (Å²) in [6, 6.07) is 0. The van der Waals surface area contributed by atoms with Gasteiger partial charge in [-0.1, -0.05) is 0 Å². The van der Waals surface area contributed by atoms with Crippen LogP contribution in [0.1, 0.15) is 34.9 Å². The molecule has 0 radical (unpaired) electrons. The van der Waals surface area contributed by atoms with Gasteiger partial charge in [0, 0.05) is 18.7 Å². The number of amides is 1. The molecule has 1 saturated heterocycles. The summed E-state index contributed by atoms with van der Waals surface area (Å²) in [7, 11) is 0. The topological polar surface area (TPSA) is 96.7 Å². The number of primary amides is 1. The molecule has 1 atom stereocenters. The van der Waals surface area contributed by atoms with Crippen molar-refractivity contribution >= 4 is 16.9 Å². The maximum atomic E-state index is 11.3. The van der Waals surface area contributed by atoms with Gasteiger partial charge in [0.1, 0.15) is 11.3 Å². The average molecular weight is 245 g/mol. The highest BCUT2D eigenvalue weighted by atomic mass is 16.1. The SMILES string of the molecule is NC(=O)c1cncc2[nH]c(C3CCCNC3)nc12. The van der Waals surface area contributed by atoms with Crippen LogP contribution in [0.5, 0.6) is 0 Å². The van der Waals surface area contributed by atoms with E-state index in [1.54, 1.807) is 6.20 Å². The fourth-order valence-corrected chi connectivity index (χ4v) is 2.41. The third-order valence-electron chi connectivity index (χ3n) is 3.36. The van der Waals surface area contributed by atoms with Crippen LogP contribution in [0.2, 0.25) is 0 Å². The number of fused-ring (bicyclic) bond motifs is 1. The van der Waals surface area contributed by atoms with Crippen molar-refractivity contribution in [2.45, 2.75) is 18.8 Å². The van der Waals surface area contributed by atoms with E-state index >= 15 is 0 Å². The van der Waals surface area contributed by atoms with Crippen LogP contribution >= 0.6 is 0 Å². The summed E-state index contributed by atoms with van der Waals surface area (Å²) in [5.74, 6) is 0.785. The van der Waals surface area contributed by atoms with Crippen molar-refractivity contribution in [2.75, 3.05) is 13.1 Å². The van der Waals surface area contributed by atoms with Gasteiger partial charge in [0.25, 0.3) is 5.91 Å². The van der Waals surface area contributed by atoms with Gasteiger partial charge in [-0.2, -0.15) is 0 Å². The molecule has 1 unspecified atom stereocenters. The molecule has 2 aromatic heterocycles. The molecule has 6 nitrogen and oxygen atoms in total. The third-order valence-corrected chi connectivity index (χ3v) is 3.36. The number of carbonyl (C=O) groups excluding carboxylic acids is 1. The van der Waals surface area contributed by atoms with Gasteiger partial charge in [0.2, 0.25) is 0 Å². The van der Waals surface area contributed by atoms with Gasteiger partial charge in [-0.25, -0.2) is 4.98 Å². The molecule has 1 fully saturated rings. The van der Waals surface area contributed by atoms with Crippen LogP contribution in [0.4, 0.5) is 0 Å². The summed E-state index contributed by atoms with van der Waals surface area (Å²) in [6.07, 6.45) is 5.39. The number of pyridine rings is 1. The smallest absolute Gasteiger partial charge is 0.252 e. The number of aromatic amines is 1. The zero-order valence-corrected chi connectivity index (χ0v) is 9.94. The van der Waals surface area contributed by atoms with E-state index in [1.807, 2.05) is 0 Å². The first kappa shape index (κ1) is 11.2. The minimum Gasteiger partial charge on any atom is -0.365 e. The van der Waals surface area contributed by atoms with Gasteiger partial charge < -0.3 is 16.0 Å². The van der Waals surface area contributed by atoms with E-state index in [1.165, 1.54) is 6.20 Å². The van der Waals surface area contributed by atoms with E-state index in [9.17, 15) is 4.79 Å². The van der Waals surface area contributed by atoms with Gasteiger partial charge >= 0.3 is 0 Å². The Labute approximate surface area is 104 Å². The molecule has 2 aromatic rings. The summed E-state index contributed by atoms with van der Waals surface area (Å²) < 4.78 is 0. The fourth-order valence-electron chi connectivity index (χ4n) is 2.41. The fraction of sp³-hybridized carbons (Fsp3) is 0.417. The zero-order chi connectivity index (χ0) is 12.5. The van der Waals surface area contributed by atoms with E-state index in [-0.39, 0.29) is 0 Å². The second kappa shape index (κ2) is 4.38. The number of hydrogen-bond acceptors (Lipinski definition) is 4. The highest BCUT2D eigenvalue weighted by molar-refractivity contribution is 6.03. The van der Waals surface area contributed by atoms with Crippen LogP contribution < -0.4 is 11.1 Å². The number of rotatable bonds is 2. The molecular weight excluding hydrogens is 230 g/mol. The van der Waals surface area contributed by atoms with Gasteiger partial charge in [-0.05, 0) is 19.4 Å². The van der Waals surface area contributed by atoms with Crippen molar-refractivity contribution in [2.24, 2.45) is 5.73 Å². The van der Waals surface area contributed by atoms with Gasteiger partial charge in [0.05, 0.1) is 17.3 Å². The zero-order valence-electron chi connectivity index (χ0n) is 9.94. The van der Waals surface area contributed by atoms with Crippen molar-refractivity contribution in [3.63, 3.8) is 0 Å². The monoisotopic (exact) mass is 245 g/mol. The van der Waals surface area contributed by atoms with E-state index in [4.69, 9.17) is 5.73 Å². The minimum absolute atomic E-state index is 0.367. The van der Waals surface area contributed by atoms with Crippen LogP contribution in [0.25, 0.3) is 11.0 Å². The number of carbonyl (C=O) groups is 1. The first-order chi connectivity index (χ1) is 8.75. The van der Waals surface area contributed by atoms with Crippen LogP contribution in [0.15, 0.2) is 12.4 Å². The lowest BCUT2D eigenvalue weighted by atomic mass is 9.99. The maximum Gasteiger partial charge on any atom is 0.252 e. The number of H-pyrrole nitrogens is 1. The Bertz CT molecular complexity index is 585. The minimum atomic E-state index is -0.493. The summed E-state index contributed by atoms with van der Waals surface area (Å²) >= 11 is 0. The average Bonchev–Trinajstić information content (AvgIpc) is 2.83. The van der Waals surface area contributed by atoms with Gasteiger partial charge in [0.15, 0.2) is 0 Å². The molecule has 6 heteroatoms. The predicted molar refractivity (Wildman–Crippen MR) is 67.3 cm³/mol. The molecule has 4 N–H and O–H groups in total. The van der Waals surface area contributed by atoms with Gasteiger partial charge in [-0.15, -0.1) is 0 Å². The number of nitrogens with zero attached hydrogens (tertiary/aromatic N) is 2. The molecule has 3 heterocycles. The normalized spacial score (nSPS) is 20.1. The number of aromatic nitrogens is 3. The Morgan fingerprint density at radius 3 is 3.06 bits per heavy atom. The number of nitrogens with two attached hydrogens (primary N) is 1. The van der Waals surface area contributed by atoms with Crippen LogP contribution in [0, 0.1) is 0 Å². The standard InChI is InChI=1S/C12H15N5O/c13-11(18)8-5-15-6-9-10(8)17-12(16-9)7-2-1-3-14-4-7/h5-7,14H,1-4H2,(H2,13,18)(H,16,17). The number of nitrogens with one attached hydrogen (secondary N) is 2. The number of piperidine rings is 1. The maximum absolute atomic E-state index is 11.3. The second-order valence-electron chi connectivity index (χ2n) is 4.61. The molecule has 0 aromatic carbocycles. The molecule has 18 heavy (non-hydrogen) atoms. The van der Waals surface area contributed by atoms with Crippen LogP contribution in [-0.4, -0.2) is 33.9 Å². The van der Waals surface area contributed by atoms with Gasteiger partial charge in [-0.3, -0.25) is 9.78 Å². The molecular formula is C12H15N5O. The van der Waals surface area contributed by atoms with E-state index in [0.717, 1.165) is 37.3 Å². The summed E-state index contributed by atoms with van der Waals surface area (Å²) in [6.45, 7) is 1.98. The van der Waals surface area contributed by atoms with Crippen molar-refractivity contribution in [3.8, 4) is 0 Å². The van der Waals surface area contributed by atoms with Crippen molar-refractivity contribution < 1.29 is 4.79 Å². The molecule has 3 rings (SSSR count). The van der Waals surface area contributed by atoms with Crippen molar-refractivity contribution in [3.05, 3.63) is 23.8 Å². The first-order valence-electron chi connectivity index (χ1n) is 6.10.